The zero-order valence-electron chi connectivity index (χ0n) is 19.1. The number of anilines is 1. The van der Waals surface area contributed by atoms with E-state index in [2.05, 4.69) is 44.5 Å². The summed E-state index contributed by atoms with van der Waals surface area (Å²) in [7, 11) is 0. The Morgan fingerprint density at radius 1 is 1.00 bits per heavy atom. The molecule has 0 bridgehead atoms. The number of hydrogen-bond acceptors (Lipinski definition) is 3. The van der Waals surface area contributed by atoms with Crippen LogP contribution in [0, 0.1) is 0 Å². The summed E-state index contributed by atoms with van der Waals surface area (Å²) in [6.45, 7) is 6.70. The molecule has 3 aromatic rings. The Labute approximate surface area is 194 Å². The molecular formula is C26H30N6O. The van der Waals surface area contributed by atoms with Gasteiger partial charge in [-0.2, -0.15) is 0 Å². The summed E-state index contributed by atoms with van der Waals surface area (Å²) >= 11 is 0. The Bertz CT molecular complexity index is 1150. The first-order valence-corrected chi connectivity index (χ1v) is 11.2. The lowest BCUT2D eigenvalue weighted by Gasteiger charge is -2.36. The molecule has 1 heterocycles. The maximum atomic E-state index is 12.9. The number of rotatable bonds is 5. The highest BCUT2D eigenvalue weighted by atomic mass is 16.2. The van der Waals surface area contributed by atoms with E-state index in [0.29, 0.717) is 18.9 Å². The van der Waals surface area contributed by atoms with E-state index in [4.69, 9.17) is 5.73 Å². The second kappa shape index (κ2) is 10.2. The van der Waals surface area contributed by atoms with Crippen LogP contribution in [0.25, 0.3) is 10.8 Å². The normalized spacial score (nSPS) is 15.8. The number of urea groups is 1. The van der Waals surface area contributed by atoms with Crippen LogP contribution in [0.4, 0.5) is 16.2 Å². The Balaban J connectivity index is 1.32. The minimum Gasteiger partial charge on any atom is -0.387 e. The number of carbonyl (C=O) groups is 1. The van der Waals surface area contributed by atoms with Crippen LogP contribution >= 0.6 is 0 Å². The van der Waals surface area contributed by atoms with Gasteiger partial charge in [0.15, 0.2) is 0 Å². The average molecular weight is 443 g/mol. The third-order valence-electron chi connectivity index (χ3n) is 5.88. The van der Waals surface area contributed by atoms with Crippen LogP contribution in [0.15, 0.2) is 76.7 Å². The van der Waals surface area contributed by atoms with Gasteiger partial charge in [-0.15, -0.1) is 0 Å². The average Bonchev–Trinajstić information content (AvgIpc) is 2.84. The molecular weight excluding hydrogens is 412 g/mol. The fourth-order valence-corrected chi connectivity index (χ4v) is 4.09. The molecule has 0 radical (unpaired) electrons. The van der Waals surface area contributed by atoms with Crippen LogP contribution in [-0.2, 0) is 0 Å². The Hall–Kier alpha value is -3.87. The molecule has 0 unspecified atom stereocenters. The predicted octanol–water partition coefficient (Wildman–Crippen LogP) is 4.47. The number of amides is 2. The fraction of sp³-hybridized carbons (Fsp3) is 0.269. The first-order chi connectivity index (χ1) is 16.0. The summed E-state index contributed by atoms with van der Waals surface area (Å²) in [5.74, 6) is 0.476. The lowest BCUT2D eigenvalue weighted by Crippen LogP contribution is -2.52. The van der Waals surface area contributed by atoms with Gasteiger partial charge >= 0.3 is 6.03 Å². The van der Waals surface area contributed by atoms with Crippen molar-refractivity contribution in [1.29, 1.82) is 0 Å². The van der Waals surface area contributed by atoms with E-state index < -0.39 is 0 Å². The van der Waals surface area contributed by atoms with Gasteiger partial charge < -0.3 is 20.9 Å². The molecule has 3 aromatic carbocycles. The van der Waals surface area contributed by atoms with Gasteiger partial charge in [0.25, 0.3) is 0 Å². The van der Waals surface area contributed by atoms with Crippen LogP contribution in [0.3, 0.4) is 0 Å². The van der Waals surface area contributed by atoms with Gasteiger partial charge in [-0.05, 0) is 54.4 Å². The molecule has 1 fully saturated rings. The molecule has 0 spiro atoms. The van der Waals surface area contributed by atoms with Crippen LogP contribution in [0.2, 0.25) is 0 Å². The number of piperazine rings is 1. The van der Waals surface area contributed by atoms with Gasteiger partial charge in [0.2, 0.25) is 0 Å². The summed E-state index contributed by atoms with van der Waals surface area (Å²) in [5.41, 5.74) is 8.59. The summed E-state index contributed by atoms with van der Waals surface area (Å²) < 4.78 is 0. The highest BCUT2D eigenvalue weighted by Gasteiger charge is 2.23. The Morgan fingerprint density at radius 3 is 2.42 bits per heavy atom. The molecule has 3 N–H and O–H groups in total. The smallest absolute Gasteiger partial charge is 0.317 e. The molecule has 170 valence electrons. The molecule has 7 heteroatoms. The maximum absolute atomic E-state index is 12.9. The van der Waals surface area contributed by atoms with Crippen molar-refractivity contribution in [3.63, 3.8) is 0 Å². The van der Waals surface area contributed by atoms with E-state index >= 15 is 0 Å². The molecule has 1 saturated heterocycles. The maximum Gasteiger partial charge on any atom is 0.317 e. The van der Waals surface area contributed by atoms with Gasteiger partial charge in [-0.25, -0.2) is 14.8 Å². The van der Waals surface area contributed by atoms with Crippen molar-refractivity contribution in [1.82, 2.24) is 10.2 Å². The minimum absolute atomic E-state index is 0.0180. The van der Waals surface area contributed by atoms with Crippen LogP contribution in [0.1, 0.15) is 25.5 Å². The first kappa shape index (κ1) is 22.3. The van der Waals surface area contributed by atoms with E-state index in [0.717, 1.165) is 30.0 Å². The molecule has 33 heavy (non-hydrogen) atoms. The highest BCUT2D eigenvalue weighted by molar-refractivity contribution is 5.87. The second-order valence-corrected chi connectivity index (χ2v) is 8.25. The predicted molar refractivity (Wildman–Crippen MR) is 137 cm³/mol. The number of hydrogen-bond donors (Lipinski definition) is 2. The third kappa shape index (κ3) is 5.49. The van der Waals surface area contributed by atoms with Crippen LogP contribution < -0.4 is 16.0 Å². The summed E-state index contributed by atoms with van der Waals surface area (Å²) in [6, 6.07) is 22.4. The van der Waals surface area contributed by atoms with Gasteiger partial charge in [0.1, 0.15) is 6.34 Å². The summed E-state index contributed by atoms with van der Waals surface area (Å²) in [6.07, 6.45) is 1.46. The van der Waals surface area contributed by atoms with Gasteiger partial charge in [0, 0.05) is 31.9 Å². The van der Waals surface area contributed by atoms with Gasteiger partial charge in [-0.1, -0.05) is 42.5 Å². The molecule has 0 aliphatic carbocycles. The molecule has 1 atom stereocenters. The lowest BCUT2D eigenvalue weighted by molar-refractivity contribution is 0.191. The van der Waals surface area contributed by atoms with Crippen LogP contribution in [-0.4, -0.2) is 49.3 Å². The zero-order valence-corrected chi connectivity index (χ0v) is 19.1. The standard InChI is InChI=1S/C26H30N6O/c1-19(24-9-5-7-21-6-3-4-8-25(21)24)30-26(33)32-16-14-31(15-17-32)23-12-10-22(11-13-23)29-18-28-20(2)27/h3-13,18-19H,14-17H2,1-2H3,(H,30,33)(H2,27,28,29)/t19-/m0/s1. The number of amidine groups is 1. The number of fused-ring (bicyclic) bond motifs is 1. The highest BCUT2D eigenvalue weighted by Crippen LogP contribution is 2.25. The summed E-state index contributed by atoms with van der Waals surface area (Å²) in [4.78, 5) is 25.3. The van der Waals surface area contributed by atoms with Crippen molar-refractivity contribution in [2.75, 3.05) is 31.1 Å². The monoisotopic (exact) mass is 442 g/mol. The van der Waals surface area contributed by atoms with Crippen molar-refractivity contribution in [3.8, 4) is 0 Å². The molecule has 0 saturated carbocycles. The number of benzene rings is 3. The van der Waals surface area contributed by atoms with E-state index in [1.165, 1.54) is 17.1 Å². The number of aliphatic imine (C=N–C) groups is 2. The van der Waals surface area contributed by atoms with Crippen molar-refractivity contribution in [2.45, 2.75) is 19.9 Å². The Kier molecular flexibility index (Phi) is 6.88. The largest absolute Gasteiger partial charge is 0.387 e. The van der Waals surface area contributed by atoms with E-state index in [-0.39, 0.29) is 12.1 Å². The van der Waals surface area contributed by atoms with E-state index in [1.807, 2.05) is 54.3 Å². The lowest BCUT2D eigenvalue weighted by atomic mass is 10.00. The number of carbonyl (C=O) groups excluding carboxylic acids is 1. The summed E-state index contributed by atoms with van der Waals surface area (Å²) in [5, 5.41) is 5.54. The van der Waals surface area contributed by atoms with Crippen LogP contribution in [0.5, 0.6) is 0 Å². The van der Waals surface area contributed by atoms with Crippen molar-refractivity contribution in [2.24, 2.45) is 15.7 Å². The molecule has 0 aromatic heterocycles. The topological polar surface area (TPSA) is 86.3 Å². The Morgan fingerprint density at radius 2 is 1.70 bits per heavy atom. The number of nitrogens with two attached hydrogens (primary N) is 1. The van der Waals surface area contributed by atoms with Gasteiger partial charge in [0.05, 0.1) is 17.6 Å². The first-order valence-electron chi connectivity index (χ1n) is 11.2. The number of nitrogens with one attached hydrogen (secondary N) is 1. The quantitative estimate of drug-likeness (QED) is 0.452. The SMILES string of the molecule is CC(N)=NC=Nc1ccc(N2CCN(C(=O)N[C@@H](C)c3cccc4ccccc34)CC2)cc1. The fourth-order valence-electron chi connectivity index (χ4n) is 4.09. The van der Waals surface area contributed by atoms with E-state index in [1.54, 1.807) is 6.92 Å². The second-order valence-electron chi connectivity index (χ2n) is 8.25. The minimum atomic E-state index is -0.0675. The van der Waals surface area contributed by atoms with Crippen molar-refractivity contribution in [3.05, 3.63) is 72.3 Å². The molecule has 1 aliphatic heterocycles. The van der Waals surface area contributed by atoms with E-state index in [9.17, 15) is 4.79 Å². The zero-order chi connectivity index (χ0) is 23.2. The number of nitrogens with zero attached hydrogens (tertiary/aromatic N) is 4. The van der Waals surface area contributed by atoms with Crippen molar-refractivity contribution >= 4 is 40.4 Å². The molecule has 1 aliphatic rings. The molecule has 2 amide bonds. The van der Waals surface area contributed by atoms with Crippen molar-refractivity contribution < 1.29 is 4.79 Å². The third-order valence-corrected chi connectivity index (χ3v) is 5.88. The molecule has 4 rings (SSSR count). The molecule has 7 nitrogen and oxygen atoms in total. The van der Waals surface area contributed by atoms with Gasteiger partial charge in [-0.3, -0.25) is 0 Å².